The molecule has 1 spiro atoms. The van der Waals surface area contributed by atoms with E-state index >= 15 is 0 Å². The first-order chi connectivity index (χ1) is 11.5. The van der Waals surface area contributed by atoms with Crippen LogP contribution < -0.4 is 0 Å². The average molecular weight is 335 g/mol. The van der Waals surface area contributed by atoms with Gasteiger partial charge in [0.15, 0.2) is 5.79 Å². The van der Waals surface area contributed by atoms with Crippen molar-refractivity contribution in [1.82, 2.24) is 0 Å². The summed E-state index contributed by atoms with van der Waals surface area (Å²) in [6.07, 6.45) is 11.0. The van der Waals surface area contributed by atoms with Crippen molar-refractivity contribution < 1.29 is 14.6 Å². The molecule has 0 aromatic carbocycles. The second-order valence-electron chi connectivity index (χ2n) is 10.0. The summed E-state index contributed by atoms with van der Waals surface area (Å²) in [5.41, 5.74) is 0.693. The fraction of sp³-hybridized carbons (Fsp3) is 1.00. The predicted octanol–water partition coefficient (Wildman–Crippen LogP) is 4.13. The van der Waals surface area contributed by atoms with Gasteiger partial charge in [0.2, 0.25) is 0 Å². The van der Waals surface area contributed by atoms with Gasteiger partial charge in [-0.3, -0.25) is 0 Å². The summed E-state index contributed by atoms with van der Waals surface area (Å²) in [7, 11) is 0. The molecule has 3 heteroatoms. The normalized spacial score (nSPS) is 55.9. The number of fused-ring (bicyclic) bond motifs is 6. The minimum atomic E-state index is -0.261. The van der Waals surface area contributed by atoms with Crippen LogP contribution in [0.25, 0.3) is 0 Å². The molecule has 1 aliphatic heterocycles. The molecule has 5 fully saturated rings. The van der Waals surface area contributed by atoms with Crippen LogP contribution in [0.5, 0.6) is 0 Å². The van der Waals surface area contributed by atoms with Crippen LogP contribution in [0.1, 0.15) is 71.6 Å². The van der Waals surface area contributed by atoms with Gasteiger partial charge in [0.1, 0.15) is 0 Å². The summed E-state index contributed by atoms with van der Waals surface area (Å²) in [6.45, 7) is 6.61. The Balaban J connectivity index is 1.45. The van der Waals surface area contributed by atoms with Crippen LogP contribution in [-0.4, -0.2) is 30.2 Å². The summed E-state index contributed by atoms with van der Waals surface area (Å²) in [6, 6.07) is 0. The van der Waals surface area contributed by atoms with Gasteiger partial charge in [0.05, 0.1) is 19.3 Å². The van der Waals surface area contributed by atoms with Crippen molar-refractivity contribution in [3.05, 3.63) is 0 Å². The molecule has 5 aliphatic rings. The lowest BCUT2D eigenvalue weighted by Crippen LogP contribution is -2.57. The number of aliphatic hydroxyl groups is 1. The third-order valence-electron chi connectivity index (χ3n) is 9.44. The van der Waals surface area contributed by atoms with E-state index < -0.39 is 0 Å². The third kappa shape index (κ3) is 1.90. The molecule has 1 saturated heterocycles. The zero-order valence-corrected chi connectivity index (χ0v) is 15.4. The largest absolute Gasteiger partial charge is 0.393 e. The topological polar surface area (TPSA) is 38.7 Å². The average Bonchev–Trinajstić information content (AvgIpc) is 3.15. The van der Waals surface area contributed by atoms with Gasteiger partial charge in [-0.05, 0) is 80.5 Å². The number of ether oxygens (including phenoxy) is 2. The molecule has 0 unspecified atom stereocenters. The highest BCUT2D eigenvalue weighted by Crippen LogP contribution is 2.69. The second kappa shape index (κ2) is 5.20. The van der Waals surface area contributed by atoms with Crippen molar-refractivity contribution in [3.8, 4) is 0 Å². The smallest absolute Gasteiger partial charge is 0.174 e. The lowest BCUT2D eigenvalue weighted by atomic mass is 9.45. The highest BCUT2D eigenvalue weighted by molar-refractivity contribution is 5.12. The molecule has 0 amide bonds. The zero-order chi connectivity index (χ0) is 16.6. The summed E-state index contributed by atoms with van der Waals surface area (Å²) in [5, 5.41) is 10.2. The SMILES string of the molecule is C[C@]12CC[C@H](O)C[C@@H]1CC[C@@H]1[C@@H]2CC[C@]2(C)[C@H]1CCC21OCCO1. The molecular formula is C21H34O3. The maximum absolute atomic E-state index is 10.2. The lowest BCUT2D eigenvalue weighted by molar-refractivity contribution is -0.247. The van der Waals surface area contributed by atoms with E-state index in [4.69, 9.17) is 9.47 Å². The summed E-state index contributed by atoms with van der Waals surface area (Å²) in [4.78, 5) is 0. The van der Waals surface area contributed by atoms with Crippen molar-refractivity contribution in [2.24, 2.45) is 34.5 Å². The molecule has 0 radical (unpaired) electrons. The molecule has 4 saturated carbocycles. The maximum atomic E-state index is 10.2. The summed E-state index contributed by atoms with van der Waals surface area (Å²) < 4.78 is 12.5. The van der Waals surface area contributed by atoms with Gasteiger partial charge in [-0.15, -0.1) is 0 Å². The van der Waals surface area contributed by atoms with Crippen LogP contribution >= 0.6 is 0 Å². The zero-order valence-electron chi connectivity index (χ0n) is 15.4. The molecule has 4 aliphatic carbocycles. The van der Waals surface area contributed by atoms with Crippen LogP contribution in [0, 0.1) is 34.5 Å². The lowest BCUT2D eigenvalue weighted by Gasteiger charge is -2.61. The Bertz CT molecular complexity index is 513. The number of hydrogen-bond acceptors (Lipinski definition) is 3. The van der Waals surface area contributed by atoms with Gasteiger partial charge >= 0.3 is 0 Å². The van der Waals surface area contributed by atoms with Crippen molar-refractivity contribution in [2.45, 2.75) is 83.5 Å². The molecule has 1 heterocycles. The number of rotatable bonds is 0. The molecule has 136 valence electrons. The Labute approximate surface area is 146 Å². The Kier molecular flexibility index (Phi) is 3.49. The van der Waals surface area contributed by atoms with Gasteiger partial charge in [0, 0.05) is 11.8 Å². The standard InChI is InChI=1S/C21H34O3/c1-19-8-5-15(22)13-14(19)3-4-16-17(19)6-9-20(2)18(16)7-10-21(20)23-11-12-24-21/h14-18,22H,3-13H2,1-2H3/t14-,15-,16+,17-,18-,19-,20+/m0/s1. The van der Waals surface area contributed by atoms with Crippen molar-refractivity contribution >= 4 is 0 Å². The Hall–Kier alpha value is -0.120. The summed E-state index contributed by atoms with van der Waals surface area (Å²) in [5.74, 6) is 2.98. The minimum absolute atomic E-state index is 0.0384. The van der Waals surface area contributed by atoms with E-state index in [2.05, 4.69) is 13.8 Å². The Morgan fingerprint density at radius 2 is 1.58 bits per heavy atom. The van der Waals surface area contributed by atoms with Crippen LogP contribution in [-0.2, 0) is 9.47 Å². The van der Waals surface area contributed by atoms with Gasteiger partial charge in [-0.25, -0.2) is 0 Å². The van der Waals surface area contributed by atoms with E-state index in [0.717, 1.165) is 56.1 Å². The van der Waals surface area contributed by atoms with E-state index in [1.54, 1.807) is 0 Å². The Morgan fingerprint density at radius 1 is 0.833 bits per heavy atom. The molecule has 7 atom stereocenters. The number of hydrogen-bond donors (Lipinski definition) is 1. The second-order valence-corrected chi connectivity index (χ2v) is 10.0. The quantitative estimate of drug-likeness (QED) is 0.724. The monoisotopic (exact) mass is 334 g/mol. The van der Waals surface area contributed by atoms with Crippen LogP contribution in [0.3, 0.4) is 0 Å². The van der Waals surface area contributed by atoms with E-state index in [-0.39, 0.29) is 17.3 Å². The van der Waals surface area contributed by atoms with Crippen molar-refractivity contribution in [3.63, 3.8) is 0 Å². The minimum Gasteiger partial charge on any atom is -0.393 e. The first-order valence-corrected chi connectivity index (χ1v) is 10.4. The first kappa shape index (κ1) is 16.1. The molecule has 0 aromatic heterocycles. The summed E-state index contributed by atoms with van der Waals surface area (Å²) >= 11 is 0. The van der Waals surface area contributed by atoms with Gasteiger partial charge in [0.25, 0.3) is 0 Å². The van der Waals surface area contributed by atoms with E-state index in [1.165, 1.54) is 38.5 Å². The predicted molar refractivity (Wildman–Crippen MR) is 92.4 cm³/mol. The molecule has 24 heavy (non-hydrogen) atoms. The molecule has 5 rings (SSSR count). The fourth-order valence-corrected chi connectivity index (χ4v) is 8.12. The van der Waals surface area contributed by atoms with Crippen LogP contribution in [0.4, 0.5) is 0 Å². The van der Waals surface area contributed by atoms with Gasteiger partial charge in [-0.2, -0.15) is 0 Å². The highest BCUT2D eigenvalue weighted by Gasteiger charge is 2.67. The van der Waals surface area contributed by atoms with Crippen LogP contribution in [0.15, 0.2) is 0 Å². The maximum Gasteiger partial charge on any atom is 0.174 e. The van der Waals surface area contributed by atoms with E-state index in [1.807, 2.05) is 0 Å². The molecule has 0 bridgehead atoms. The Morgan fingerprint density at radius 3 is 2.38 bits per heavy atom. The highest BCUT2D eigenvalue weighted by atomic mass is 16.7. The first-order valence-electron chi connectivity index (χ1n) is 10.4. The third-order valence-corrected chi connectivity index (χ3v) is 9.44. The van der Waals surface area contributed by atoms with E-state index in [0.29, 0.717) is 5.41 Å². The number of aliphatic hydroxyl groups excluding tert-OH is 1. The van der Waals surface area contributed by atoms with Crippen molar-refractivity contribution in [2.75, 3.05) is 13.2 Å². The molecule has 3 nitrogen and oxygen atoms in total. The molecular weight excluding hydrogens is 300 g/mol. The van der Waals surface area contributed by atoms with Crippen LogP contribution in [0.2, 0.25) is 0 Å². The van der Waals surface area contributed by atoms with E-state index in [9.17, 15) is 5.11 Å². The van der Waals surface area contributed by atoms with Gasteiger partial charge < -0.3 is 14.6 Å². The molecule has 0 aromatic rings. The molecule has 1 N–H and O–H groups in total. The van der Waals surface area contributed by atoms with Crippen molar-refractivity contribution in [1.29, 1.82) is 0 Å². The van der Waals surface area contributed by atoms with Gasteiger partial charge in [-0.1, -0.05) is 13.8 Å². The fourth-order valence-electron chi connectivity index (χ4n) is 8.12.